The lowest BCUT2D eigenvalue weighted by atomic mass is 10.00. The maximum Gasteiger partial charge on any atom is 0.348 e. The summed E-state index contributed by atoms with van der Waals surface area (Å²) >= 11 is 1.35. The molecule has 1 heterocycles. The van der Waals surface area contributed by atoms with Crippen molar-refractivity contribution in [3.63, 3.8) is 0 Å². The summed E-state index contributed by atoms with van der Waals surface area (Å²) in [6.45, 7) is 3.55. The maximum atomic E-state index is 12.1. The van der Waals surface area contributed by atoms with Crippen molar-refractivity contribution < 1.29 is 14.3 Å². The van der Waals surface area contributed by atoms with Gasteiger partial charge in [0.15, 0.2) is 6.61 Å². The van der Waals surface area contributed by atoms with Gasteiger partial charge in [-0.15, -0.1) is 11.3 Å². The second kappa shape index (κ2) is 7.49. The molecule has 0 saturated carbocycles. The Morgan fingerprint density at radius 1 is 1.08 bits per heavy atom. The Kier molecular flexibility index (Phi) is 5.14. The van der Waals surface area contributed by atoms with Gasteiger partial charge in [-0.3, -0.25) is 4.79 Å². The molecule has 0 aliphatic rings. The Morgan fingerprint density at radius 3 is 2.60 bits per heavy atom. The van der Waals surface area contributed by atoms with E-state index >= 15 is 0 Å². The molecule has 128 valence electrons. The van der Waals surface area contributed by atoms with Gasteiger partial charge in [-0.25, -0.2) is 4.79 Å². The van der Waals surface area contributed by atoms with Gasteiger partial charge in [0.25, 0.3) is 5.91 Å². The number of hydrogen-bond acceptors (Lipinski definition) is 4. The molecule has 0 unspecified atom stereocenters. The van der Waals surface area contributed by atoms with Crippen LogP contribution in [0.25, 0.3) is 10.8 Å². The predicted octanol–water partition coefficient (Wildman–Crippen LogP) is 4.24. The van der Waals surface area contributed by atoms with Crippen molar-refractivity contribution in [1.29, 1.82) is 0 Å². The Labute approximate surface area is 150 Å². The minimum absolute atomic E-state index is 0.179. The predicted molar refractivity (Wildman–Crippen MR) is 99.8 cm³/mol. The molecule has 1 N–H and O–H groups in total. The van der Waals surface area contributed by atoms with Gasteiger partial charge in [0.05, 0.1) is 6.04 Å². The van der Waals surface area contributed by atoms with Crippen LogP contribution >= 0.6 is 11.3 Å². The largest absolute Gasteiger partial charge is 0.451 e. The minimum Gasteiger partial charge on any atom is -0.451 e. The van der Waals surface area contributed by atoms with Crippen LogP contribution in [-0.2, 0) is 9.53 Å². The first-order valence-corrected chi connectivity index (χ1v) is 8.87. The third kappa shape index (κ3) is 4.06. The Balaban J connectivity index is 1.61. The zero-order valence-electron chi connectivity index (χ0n) is 14.1. The van der Waals surface area contributed by atoms with Crippen molar-refractivity contribution in [3.8, 4) is 0 Å². The first-order chi connectivity index (χ1) is 12.0. The monoisotopic (exact) mass is 353 g/mol. The van der Waals surface area contributed by atoms with E-state index in [-0.39, 0.29) is 18.6 Å². The molecule has 0 bridgehead atoms. The van der Waals surface area contributed by atoms with Crippen LogP contribution < -0.4 is 5.32 Å². The zero-order valence-corrected chi connectivity index (χ0v) is 14.9. The number of aryl methyl sites for hydroxylation is 1. The highest BCUT2D eigenvalue weighted by molar-refractivity contribution is 7.13. The lowest BCUT2D eigenvalue weighted by molar-refractivity contribution is -0.124. The molecule has 1 atom stereocenters. The van der Waals surface area contributed by atoms with Crippen LogP contribution in [0.3, 0.4) is 0 Å². The van der Waals surface area contributed by atoms with E-state index in [1.54, 1.807) is 6.07 Å². The third-order valence-corrected chi connectivity index (χ3v) is 4.92. The number of esters is 1. The number of amides is 1. The first kappa shape index (κ1) is 17.2. The highest BCUT2D eigenvalue weighted by atomic mass is 32.1. The van der Waals surface area contributed by atoms with E-state index in [4.69, 9.17) is 4.74 Å². The van der Waals surface area contributed by atoms with Gasteiger partial charge in [-0.05, 0) is 42.3 Å². The molecule has 0 fully saturated rings. The second-order valence-corrected chi connectivity index (χ2v) is 7.13. The lowest BCUT2D eigenvalue weighted by Gasteiger charge is -2.16. The van der Waals surface area contributed by atoms with Gasteiger partial charge in [-0.1, -0.05) is 42.5 Å². The standard InChI is InChI=1S/C20H19NO3S/c1-13-10-11-18(25-13)20(23)24-12-19(22)21-14(2)16-9-5-7-15-6-3-4-8-17(15)16/h3-11,14H,12H2,1-2H3,(H,21,22)/t14-/m0/s1. The molecule has 4 nitrogen and oxygen atoms in total. The lowest BCUT2D eigenvalue weighted by Crippen LogP contribution is -2.31. The molecule has 3 rings (SSSR count). The molecule has 3 aromatic rings. The fourth-order valence-electron chi connectivity index (χ4n) is 2.74. The Morgan fingerprint density at radius 2 is 1.84 bits per heavy atom. The van der Waals surface area contributed by atoms with Crippen LogP contribution in [0.5, 0.6) is 0 Å². The number of carbonyl (C=O) groups is 2. The van der Waals surface area contributed by atoms with Crippen LogP contribution in [0.4, 0.5) is 0 Å². The normalized spacial score (nSPS) is 11.9. The van der Waals surface area contributed by atoms with Gasteiger partial charge < -0.3 is 10.1 Å². The summed E-state index contributed by atoms with van der Waals surface area (Å²) in [6, 6.07) is 17.4. The third-order valence-electron chi connectivity index (χ3n) is 3.94. The Hall–Kier alpha value is -2.66. The topological polar surface area (TPSA) is 55.4 Å². The van der Waals surface area contributed by atoms with Crippen molar-refractivity contribution in [2.45, 2.75) is 19.9 Å². The molecule has 2 aromatic carbocycles. The molecule has 0 spiro atoms. The number of benzene rings is 2. The van der Waals surface area contributed by atoms with E-state index in [9.17, 15) is 9.59 Å². The highest BCUT2D eigenvalue weighted by Gasteiger charge is 2.15. The van der Waals surface area contributed by atoms with E-state index < -0.39 is 5.97 Å². The number of hydrogen-bond donors (Lipinski definition) is 1. The van der Waals surface area contributed by atoms with Crippen molar-refractivity contribution >= 4 is 34.0 Å². The molecule has 0 aliphatic carbocycles. The molecule has 0 saturated heterocycles. The Bertz CT molecular complexity index is 911. The fraction of sp³-hybridized carbons (Fsp3) is 0.200. The quantitative estimate of drug-likeness (QED) is 0.698. The summed E-state index contributed by atoms with van der Waals surface area (Å²) in [6.07, 6.45) is 0. The van der Waals surface area contributed by atoms with Crippen LogP contribution in [0.15, 0.2) is 54.6 Å². The SMILES string of the molecule is Cc1ccc(C(=O)OCC(=O)N[C@@H](C)c2cccc3ccccc23)s1. The number of rotatable bonds is 5. The van der Waals surface area contributed by atoms with Gasteiger partial charge >= 0.3 is 5.97 Å². The zero-order chi connectivity index (χ0) is 17.8. The van der Waals surface area contributed by atoms with E-state index in [1.165, 1.54) is 11.3 Å². The summed E-state index contributed by atoms with van der Waals surface area (Å²) in [5.41, 5.74) is 1.03. The van der Waals surface area contributed by atoms with E-state index in [1.807, 2.05) is 62.4 Å². The van der Waals surface area contributed by atoms with Gasteiger partial charge in [0.1, 0.15) is 4.88 Å². The molecule has 0 radical (unpaired) electrons. The van der Waals surface area contributed by atoms with Gasteiger partial charge in [0, 0.05) is 4.88 Å². The van der Waals surface area contributed by atoms with Crippen LogP contribution in [-0.4, -0.2) is 18.5 Å². The van der Waals surface area contributed by atoms with E-state index in [2.05, 4.69) is 5.32 Å². The van der Waals surface area contributed by atoms with E-state index in [0.29, 0.717) is 4.88 Å². The van der Waals surface area contributed by atoms with Crippen LogP contribution in [0, 0.1) is 6.92 Å². The average Bonchev–Trinajstić information content (AvgIpc) is 3.05. The first-order valence-electron chi connectivity index (χ1n) is 8.05. The number of nitrogens with one attached hydrogen (secondary N) is 1. The van der Waals surface area contributed by atoms with Gasteiger partial charge in [-0.2, -0.15) is 0 Å². The molecule has 0 aliphatic heterocycles. The van der Waals surface area contributed by atoms with Crippen molar-refractivity contribution in [2.75, 3.05) is 6.61 Å². The molecular weight excluding hydrogens is 334 g/mol. The molecule has 5 heteroatoms. The fourth-order valence-corrected chi connectivity index (χ4v) is 3.50. The molecule has 1 amide bonds. The van der Waals surface area contributed by atoms with Crippen molar-refractivity contribution in [3.05, 3.63) is 69.9 Å². The summed E-state index contributed by atoms with van der Waals surface area (Å²) < 4.78 is 5.09. The van der Waals surface area contributed by atoms with Crippen LogP contribution in [0.1, 0.15) is 33.1 Å². The number of ether oxygens (including phenoxy) is 1. The molecule has 1 aromatic heterocycles. The molecule has 25 heavy (non-hydrogen) atoms. The van der Waals surface area contributed by atoms with E-state index in [0.717, 1.165) is 21.2 Å². The molecular formula is C20H19NO3S. The summed E-state index contributed by atoms with van der Waals surface area (Å²) in [5.74, 6) is -0.784. The summed E-state index contributed by atoms with van der Waals surface area (Å²) in [4.78, 5) is 25.6. The smallest absolute Gasteiger partial charge is 0.348 e. The summed E-state index contributed by atoms with van der Waals surface area (Å²) in [7, 11) is 0. The number of fused-ring (bicyclic) bond motifs is 1. The van der Waals surface area contributed by atoms with Gasteiger partial charge in [0.2, 0.25) is 0 Å². The minimum atomic E-state index is -0.467. The number of thiophene rings is 1. The summed E-state index contributed by atoms with van der Waals surface area (Å²) in [5, 5.41) is 5.11. The highest BCUT2D eigenvalue weighted by Crippen LogP contribution is 2.24. The average molecular weight is 353 g/mol. The van der Waals surface area contributed by atoms with Crippen LogP contribution in [0.2, 0.25) is 0 Å². The van der Waals surface area contributed by atoms with Crippen molar-refractivity contribution in [2.24, 2.45) is 0 Å². The maximum absolute atomic E-state index is 12.1. The number of carbonyl (C=O) groups excluding carboxylic acids is 2. The van der Waals surface area contributed by atoms with Crippen molar-refractivity contribution in [1.82, 2.24) is 5.32 Å². The second-order valence-electron chi connectivity index (χ2n) is 5.84.